The Bertz CT molecular complexity index is 421. The maximum atomic E-state index is 3.79. The second-order valence-electron chi connectivity index (χ2n) is 7.11. The first-order chi connectivity index (χ1) is 9.72. The van der Waals surface area contributed by atoms with Gasteiger partial charge in [-0.2, -0.15) is 0 Å². The largest absolute Gasteiger partial charge is 0.313 e. The van der Waals surface area contributed by atoms with Crippen molar-refractivity contribution in [3.63, 3.8) is 0 Å². The van der Waals surface area contributed by atoms with Crippen molar-refractivity contribution in [2.24, 2.45) is 5.92 Å². The molecule has 110 valence electrons. The minimum atomic E-state index is 0.731. The molecule has 1 atom stereocenters. The van der Waals surface area contributed by atoms with Crippen LogP contribution in [0.2, 0.25) is 0 Å². The summed E-state index contributed by atoms with van der Waals surface area (Å²) in [5.41, 5.74) is 4.43. The average molecular weight is 271 g/mol. The Labute approximate surface area is 124 Å². The van der Waals surface area contributed by atoms with Gasteiger partial charge in [0.05, 0.1) is 0 Å². The van der Waals surface area contributed by atoms with E-state index in [-0.39, 0.29) is 0 Å². The molecular formula is C19H29N. The van der Waals surface area contributed by atoms with E-state index in [1.54, 1.807) is 5.56 Å². The number of benzene rings is 1. The van der Waals surface area contributed by atoms with Gasteiger partial charge in [-0.25, -0.2) is 0 Å². The van der Waals surface area contributed by atoms with Crippen molar-refractivity contribution in [3.05, 3.63) is 34.9 Å². The fourth-order valence-corrected chi connectivity index (χ4v) is 3.90. The smallest absolute Gasteiger partial charge is 0.00684 e. The zero-order valence-electron chi connectivity index (χ0n) is 13.1. The van der Waals surface area contributed by atoms with Crippen LogP contribution in [0.4, 0.5) is 0 Å². The highest BCUT2D eigenvalue weighted by Crippen LogP contribution is 2.37. The van der Waals surface area contributed by atoms with Gasteiger partial charge in [0, 0.05) is 12.6 Å². The van der Waals surface area contributed by atoms with E-state index in [1.165, 1.54) is 62.6 Å². The Morgan fingerprint density at radius 3 is 2.20 bits per heavy atom. The van der Waals surface area contributed by atoms with Crippen molar-refractivity contribution in [2.45, 2.75) is 70.8 Å². The van der Waals surface area contributed by atoms with Crippen molar-refractivity contribution in [1.29, 1.82) is 0 Å². The first-order valence-electron chi connectivity index (χ1n) is 8.54. The lowest BCUT2D eigenvalue weighted by molar-refractivity contribution is 0.296. The number of aryl methyl sites for hydroxylation is 2. The molecule has 1 unspecified atom stereocenters. The fourth-order valence-electron chi connectivity index (χ4n) is 3.90. The highest BCUT2D eigenvalue weighted by Gasteiger charge is 2.28. The van der Waals surface area contributed by atoms with Gasteiger partial charge in [0.2, 0.25) is 0 Å². The van der Waals surface area contributed by atoms with Gasteiger partial charge in [-0.3, -0.25) is 0 Å². The quantitative estimate of drug-likeness (QED) is 0.817. The Morgan fingerprint density at radius 2 is 1.60 bits per heavy atom. The SMILES string of the molecule is Cc1cc(C)cc(C(CNC2CC2)C2CCCCC2)c1. The summed E-state index contributed by atoms with van der Waals surface area (Å²) >= 11 is 0. The molecule has 0 amide bonds. The molecule has 3 rings (SSSR count). The minimum Gasteiger partial charge on any atom is -0.313 e. The molecule has 0 aromatic heterocycles. The van der Waals surface area contributed by atoms with E-state index in [0.717, 1.165) is 17.9 Å². The maximum absolute atomic E-state index is 3.79. The van der Waals surface area contributed by atoms with Gasteiger partial charge in [-0.15, -0.1) is 0 Å². The van der Waals surface area contributed by atoms with Crippen molar-refractivity contribution >= 4 is 0 Å². The van der Waals surface area contributed by atoms with Crippen LogP contribution in [0.1, 0.15) is 67.6 Å². The summed E-state index contributed by atoms with van der Waals surface area (Å²) in [5.74, 6) is 1.63. The van der Waals surface area contributed by atoms with Crippen LogP contribution in [0.15, 0.2) is 18.2 Å². The predicted octanol–water partition coefficient (Wildman–Crippen LogP) is 4.72. The van der Waals surface area contributed by atoms with Crippen LogP contribution < -0.4 is 5.32 Å². The lowest BCUT2D eigenvalue weighted by atomic mass is 9.76. The van der Waals surface area contributed by atoms with Gasteiger partial charge in [-0.05, 0) is 56.9 Å². The third-order valence-electron chi connectivity index (χ3n) is 5.09. The third-order valence-corrected chi connectivity index (χ3v) is 5.09. The summed E-state index contributed by atoms with van der Waals surface area (Å²) in [6.07, 6.45) is 9.99. The molecule has 1 N–H and O–H groups in total. The van der Waals surface area contributed by atoms with Gasteiger partial charge in [0.15, 0.2) is 0 Å². The van der Waals surface area contributed by atoms with Gasteiger partial charge < -0.3 is 5.32 Å². The topological polar surface area (TPSA) is 12.0 Å². The first kappa shape index (κ1) is 14.1. The summed E-state index contributed by atoms with van der Waals surface area (Å²) in [6, 6.07) is 7.99. The molecule has 2 aliphatic carbocycles. The van der Waals surface area contributed by atoms with Gasteiger partial charge in [-0.1, -0.05) is 48.6 Å². The average Bonchev–Trinajstić information content (AvgIpc) is 3.23. The maximum Gasteiger partial charge on any atom is 0.00684 e. The van der Waals surface area contributed by atoms with E-state index >= 15 is 0 Å². The van der Waals surface area contributed by atoms with E-state index < -0.39 is 0 Å². The molecule has 1 aromatic carbocycles. The Balaban J connectivity index is 1.77. The lowest BCUT2D eigenvalue weighted by Gasteiger charge is -2.31. The molecule has 20 heavy (non-hydrogen) atoms. The molecule has 1 aromatic rings. The Hall–Kier alpha value is -0.820. The zero-order valence-corrected chi connectivity index (χ0v) is 13.1. The fraction of sp³-hybridized carbons (Fsp3) is 0.684. The monoisotopic (exact) mass is 271 g/mol. The molecule has 2 saturated carbocycles. The summed E-state index contributed by atoms with van der Waals surface area (Å²) in [7, 11) is 0. The van der Waals surface area contributed by atoms with Crippen LogP contribution in [0.25, 0.3) is 0 Å². The second-order valence-corrected chi connectivity index (χ2v) is 7.11. The van der Waals surface area contributed by atoms with E-state index in [4.69, 9.17) is 0 Å². The van der Waals surface area contributed by atoms with Gasteiger partial charge >= 0.3 is 0 Å². The molecule has 0 heterocycles. The molecule has 0 spiro atoms. The molecule has 0 aliphatic heterocycles. The molecule has 0 radical (unpaired) electrons. The summed E-state index contributed by atoms with van der Waals surface area (Å²) in [5, 5.41) is 3.79. The number of hydrogen-bond donors (Lipinski definition) is 1. The van der Waals surface area contributed by atoms with E-state index in [9.17, 15) is 0 Å². The third kappa shape index (κ3) is 3.63. The summed E-state index contributed by atoms with van der Waals surface area (Å²) in [6.45, 7) is 5.67. The van der Waals surface area contributed by atoms with Crippen LogP contribution in [-0.2, 0) is 0 Å². The second kappa shape index (κ2) is 6.30. The summed E-state index contributed by atoms with van der Waals surface area (Å²) < 4.78 is 0. The molecule has 1 nitrogen and oxygen atoms in total. The Morgan fingerprint density at radius 1 is 0.950 bits per heavy atom. The molecule has 2 fully saturated rings. The molecular weight excluding hydrogens is 242 g/mol. The van der Waals surface area contributed by atoms with E-state index in [0.29, 0.717) is 0 Å². The van der Waals surface area contributed by atoms with Crippen molar-refractivity contribution in [2.75, 3.05) is 6.54 Å². The highest BCUT2D eigenvalue weighted by atomic mass is 14.9. The van der Waals surface area contributed by atoms with Crippen LogP contribution >= 0.6 is 0 Å². The predicted molar refractivity (Wildman–Crippen MR) is 86.3 cm³/mol. The molecule has 2 aliphatic rings. The van der Waals surface area contributed by atoms with Crippen LogP contribution in [-0.4, -0.2) is 12.6 Å². The minimum absolute atomic E-state index is 0.731. The van der Waals surface area contributed by atoms with E-state index in [1.807, 2.05) is 0 Å². The van der Waals surface area contributed by atoms with Crippen molar-refractivity contribution in [3.8, 4) is 0 Å². The van der Waals surface area contributed by atoms with Gasteiger partial charge in [0.25, 0.3) is 0 Å². The molecule has 0 saturated heterocycles. The number of rotatable bonds is 5. The lowest BCUT2D eigenvalue weighted by Crippen LogP contribution is -2.29. The number of nitrogens with one attached hydrogen (secondary N) is 1. The van der Waals surface area contributed by atoms with Gasteiger partial charge in [0.1, 0.15) is 0 Å². The van der Waals surface area contributed by atoms with Crippen LogP contribution in [0.5, 0.6) is 0 Å². The standard InChI is InChI=1S/C19H29N/c1-14-10-15(2)12-17(11-14)19(13-20-18-8-9-18)16-6-4-3-5-7-16/h10-12,16,18-20H,3-9,13H2,1-2H3. The van der Waals surface area contributed by atoms with Crippen LogP contribution in [0, 0.1) is 19.8 Å². The zero-order chi connectivity index (χ0) is 13.9. The summed E-state index contributed by atoms with van der Waals surface area (Å²) in [4.78, 5) is 0. The van der Waals surface area contributed by atoms with Crippen molar-refractivity contribution < 1.29 is 0 Å². The Kier molecular flexibility index (Phi) is 4.45. The number of hydrogen-bond acceptors (Lipinski definition) is 1. The van der Waals surface area contributed by atoms with E-state index in [2.05, 4.69) is 37.4 Å². The van der Waals surface area contributed by atoms with Crippen LogP contribution in [0.3, 0.4) is 0 Å². The van der Waals surface area contributed by atoms with Crippen molar-refractivity contribution in [1.82, 2.24) is 5.32 Å². The molecule has 0 bridgehead atoms. The first-order valence-corrected chi connectivity index (χ1v) is 8.54. The molecule has 1 heteroatoms. The highest BCUT2D eigenvalue weighted by molar-refractivity contribution is 5.31. The normalized spacial score (nSPS) is 21.9.